The molecule has 198 valence electrons. The van der Waals surface area contributed by atoms with Crippen molar-refractivity contribution in [1.82, 2.24) is 20.1 Å². The number of carbonyl (C=O) groups excluding carboxylic acids is 3. The number of aromatic nitrogens is 1. The fourth-order valence-electron chi connectivity index (χ4n) is 3.60. The molecule has 0 spiro atoms. The molecule has 1 atom stereocenters. The van der Waals surface area contributed by atoms with Crippen LogP contribution in [-0.2, 0) is 14.3 Å². The van der Waals surface area contributed by atoms with E-state index in [-0.39, 0.29) is 31.9 Å². The van der Waals surface area contributed by atoms with Gasteiger partial charge in [-0.3, -0.25) is 9.59 Å². The third-order valence-corrected chi connectivity index (χ3v) is 6.70. The van der Waals surface area contributed by atoms with E-state index in [1.807, 2.05) is 37.3 Å². The average molecular weight is 531 g/mol. The highest BCUT2D eigenvalue weighted by molar-refractivity contribution is 7.16. The molecular formula is C25H30N4O7S. The number of ether oxygens (including phenoxy) is 1. The van der Waals surface area contributed by atoms with Gasteiger partial charge in [0, 0.05) is 37.8 Å². The molecule has 3 amide bonds. The summed E-state index contributed by atoms with van der Waals surface area (Å²) in [7, 11) is 0. The summed E-state index contributed by atoms with van der Waals surface area (Å²) in [6.45, 7) is 2.72. The number of piperazine rings is 1. The number of nitrogens with zero attached hydrogens (tertiary/aromatic N) is 3. The van der Waals surface area contributed by atoms with Gasteiger partial charge in [0.1, 0.15) is 16.7 Å². The topological polar surface area (TPSA) is 149 Å². The van der Waals surface area contributed by atoms with E-state index in [9.17, 15) is 24.3 Å². The first-order valence-corrected chi connectivity index (χ1v) is 12.7. The SMILES string of the molecule is CCCCOC(=O)N1CCN(C(=O)C(CO)NC(=O)c2nc(-c3ccccc3)sc2C=CC(=O)O)CC1. The Hall–Kier alpha value is -3.77. The largest absolute Gasteiger partial charge is 0.478 e. The van der Waals surface area contributed by atoms with Crippen LogP contribution in [0.4, 0.5) is 4.79 Å². The molecule has 1 aliphatic rings. The molecule has 3 N–H and O–H groups in total. The first-order chi connectivity index (χ1) is 17.8. The van der Waals surface area contributed by atoms with E-state index in [1.54, 1.807) is 0 Å². The maximum absolute atomic E-state index is 13.1. The highest BCUT2D eigenvalue weighted by Crippen LogP contribution is 2.29. The van der Waals surface area contributed by atoms with Crippen molar-refractivity contribution >= 4 is 41.3 Å². The summed E-state index contributed by atoms with van der Waals surface area (Å²) in [5.41, 5.74) is 0.699. The second-order valence-corrected chi connectivity index (χ2v) is 9.29. The number of carboxylic acids is 1. The molecule has 1 fully saturated rings. The van der Waals surface area contributed by atoms with E-state index in [4.69, 9.17) is 9.84 Å². The molecule has 1 aromatic carbocycles. The maximum Gasteiger partial charge on any atom is 0.409 e. The van der Waals surface area contributed by atoms with Crippen LogP contribution < -0.4 is 5.32 Å². The van der Waals surface area contributed by atoms with E-state index in [2.05, 4.69) is 10.3 Å². The Labute approximate surface area is 218 Å². The van der Waals surface area contributed by atoms with Crippen LogP contribution in [0.3, 0.4) is 0 Å². The molecule has 0 saturated carbocycles. The van der Waals surface area contributed by atoms with Gasteiger partial charge in [-0.15, -0.1) is 11.3 Å². The van der Waals surface area contributed by atoms with E-state index >= 15 is 0 Å². The zero-order valence-corrected chi connectivity index (χ0v) is 21.3. The van der Waals surface area contributed by atoms with Crippen molar-refractivity contribution in [3.05, 3.63) is 47.0 Å². The van der Waals surface area contributed by atoms with E-state index in [0.717, 1.165) is 35.8 Å². The summed E-state index contributed by atoms with van der Waals surface area (Å²) < 4.78 is 5.21. The Balaban J connectivity index is 1.67. The molecule has 0 radical (unpaired) electrons. The third-order valence-electron chi connectivity index (χ3n) is 5.63. The number of unbranched alkanes of at least 4 members (excludes halogenated alkanes) is 1. The molecule has 37 heavy (non-hydrogen) atoms. The lowest BCUT2D eigenvalue weighted by atomic mass is 10.2. The van der Waals surface area contributed by atoms with Crippen LogP contribution in [0.25, 0.3) is 16.6 Å². The van der Waals surface area contributed by atoms with Gasteiger partial charge in [-0.1, -0.05) is 43.7 Å². The number of carboxylic acid groups (broad SMARTS) is 1. The molecule has 1 unspecified atom stereocenters. The van der Waals surface area contributed by atoms with Crippen LogP contribution in [0.15, 0.2) is 36.4 Å². The summed E-state index contributed by atoms with van der Waals surface area (Å²) in [6, 6.07) is 7.86. The minimum atomic E-state index is -1.23. The summed E-state index contributed by atoms with van der Waals surface area (Å²) in [5.74, 6) is -2.39. The van der Waals surface area contributed by atoms with Crippen LogP contribution >= 0.6 is 11.3 Å². The second kappa shape index (κ2) is 13.5. The number of carbonyl (C=O) groups is 4. The molecule has 3 rings (SSSR count). The lowest BCUT2D eigenvalue weighted by Crippen LogP contribution is -2.56. The number of hydrogen-bond donors (Lipinski definition) is 3. The van der Waals surface area contributed by atoms with Crippen molar-refractivity contribution in [3.8, 4) is 10.6 Å². The van der Waals surface area contributed by atoms with Crippen LogP contribution in [0.2, 0.25) is 0 Å². The Morgan fingerprint density at radius 1 is 1.14 bits per heavy atom. The normalized spacial score (nSPS) is 14.4. The zero-order chi connectivity index (χ0) is 26.8. The van der Waals surface area contributed by atoms with Gasteiger partial charge in [-0.25, -0.2) is 14.6 Å². The molecule has 1 saturated heterocycles. The number of benzene rings is 1. The number of hydrogen-bond acceptors (Lipinski definition) is 8. The van der Waals surface area contributed by atoms with Crippen molar-refractivity contribution in [2.45, 2.75) is 25.8 Å². The number of aliphatic hydroxyl groups is 1. The number of aliphatic carboxylic acids is 1. The highest BCUT2D eigenvalue weighted by Gasteiger charge is 2.31. The van der Waals surface area contributed by atoms with Gasteiger partial charge >= 0.3 is 12.1 Å². The van der Waals surface area contributed by atoms with Crippen LogP contribution in [0.1, 0.15) is 35.1 Å². The van der Waals surface area contributed by atoms with Gasteiger partial charge < -0.3 is 30.1 Å². The van der Waals surface area contributed by atoms with Crippen molar-refractivity contribution < 1.29 is 34.1 Å². The summed E-state index contributed by atoms with van der Waals surface area (Å²) in [5, 5.41) is 21.9. The predicted molar refractivity (Wildman–Crippen MR) is 137 cm³/mol. The zero-order valence-electron chi connectivity index (χ0n) is 20.5. The minimum absolute atomic E-state index is 0.0488. The average Bonchev–Trinajstić information content (AvgIpc) is 3.35. The van der Waals surface area contributed by atoms with Gasteiger partial charge in [-0.05, 0) is 12.5 Å². The molecule has 0 aliphatic carbocycles. The first kappa shape index (κ1) is 27.8. The Morgan fingerprint density at radius 3 is 2.43 bits per heavy atom. The molecule has 1 aliphatic heterocycles. The molecule has 0 bridgehead atoms. The first-order valence-electron chi connectivity index (χ1n) is 11.9. The number of thiazole rings is 1. The highest BCUT2D eigenvalue weighted by atomic mass is 32.1. The van der Waals surface area contributed by atoms with Crippen molar-refractivity contribution in [1.29, 1.82) is 0 Å². The van der Waals surface area contributed by atoms with Crippen molar-refractivity contribution in [2.75, 3.05) is 39.4 Å². The number of aliphatic hydroxyl groups excluding tert-OH is 1. The lowest BCUT2D eigenvalue weighted by Gasteiger charge is -2.35. The fraction of sp³-hybridized carbons (Fsp3) is 0.400. The van der Waals surface area contributed by atoms with Gasteiger partial charge in [0.05, 0.1) is 18.1 Å². The van der Waals surface area contributed by atoms with E-state index in [0.29, 0.717) is 16.5 Å². The second-order valence-electron chi connectivity index (χ2n) is 8.26. The van der Waals surface area contributed by atoms with Gasteiger partial charge in [0.15, 0.2) is 0 Å². The van der Waals surface area contributed by atoms with Crippen LogP contribution in [0.5, 0.6) is 0 Å². The van der Waals surface area contributed by atoms with E-state index in [1.165, 1.54) is 15.9 Å². The Bertz CT molecular complexity index is 1130. The maximum atomic E-state index is 13.1. The number of nitrogens with one attached hydrogen (secondary N) is 1. The van der Waals surface area contributed by atoms with Crippen LogP contribution in [0, 0.1) is 0 Å². The third kappa shape index (κ3) is 7.61. The molecule has 2 heterocycles. The monoisotopic (exact) mass is 530 g/mol. The molecule has 12 heteroatoms. The summed E-state index contributed by atoms with van der Waals surface area (Å²) in [4.78, 5) is 56.9. The number of amides is 3. The predicted octanol–water partition coefficient (Wildman–Crippen LogP) is 2.08. The van der Waals surface area contributed by atoms with Gasteiger partial charge in [-0.2, -0.15) is 0 Å². The number of rotatable bonds is 10. The quantitative estimate of drug-likeness (QED) is 0.312. The van der Waals surface area contributed by atoms with Gasteiger partial charge in [0.25, 0.3) is 5.91 Å². The minimum Gasteiger partial charge on any atom is -0.478 e. The standard InChI is InChI=1S/C25H30N4O7S/c1-2-3-15-36-25(35)29-13-11-28(12-14-29)24(34)18(16-30)26-22(33)21-19(9-10-20(31)32)37-23(27-21)17-7-5-4-6-8-17/h4-10,18,30H,2-3,11-16H2,1H3,(H,26,33)(H,31,32). The fourth-order valence-corrected chi connectivity index (χ4v) is 4.57. The van der Waals surface area contributed by atoms with Crippen LogP contribution in [-0.4, -0.2) is 94.3 Å². The Morgan fingerprint density at radius 2 is 1.81 bits per heavy atom. The molecular weight excluding hydrogens is 500 g/mol. The smallest absolute Gasteiger partial charge is 0.409 e. The Kier molecular flexibility index (Phi) is 10.2. The molecule has 1 aromatic heterocycles. The van der Waals surface area contributed by atoms with E-state index < -0.39 is 36.5 Å². The summed E-state index contributed by atoms with van der Waals surface area (Å²) in [6.07, 6.45) is 3.44. The van der Waals surface area contributed by atoms with Crippen molar-refractivity contribution in [3.63, 3.8) is 0 Å². The molecule has 11 nitrogen and oxygen atoms in total. The van der Waals surface area contributed by atoms with Gasteiger partial charge in [0.2, 0.25) is 5.91 Å². The summed E-state index contributed by atoms with van der Waals surface area (Å²) >= 11 is 1.13. The molecule has 2 aromatic rings. The van der Waals surface area contributed by atoms with Crippen molar-refractivity contribution in [2.24, 2.45) is 0 Å². The lowest BCUT2D eigenvalue weighted by molar-refractivity contribution is -0.136.